The molecule has 2 unspecified atom stereocenters. The van der Waals surface area contributed by atoms with Gasteiger partial charge in [-0.2, -0.15) is 13.2 Å². The molecule has 0 aromatic heterocycles. The Kier molecular flexibility index (Phi) is 7.71. The Bertz CT molecular complexity index is 1100. The number of aryl methyl sites for hydroxylation is 1. The van der Waals surface area contributed by atoms with E-state index in [1.54, 1.807) is 12.1 Å². The van der Waals surface area contributed by atoms with Gasteiger partial charge in [-0.15, -0.1) is 0 Å². The molecule has 1 aliphatic carbocycles. The molecule has 2 heterocycles. The van der Waals surface area contributed by atoms with Crippen LogP contribution in [-0.4, -0.2) is 40.7 Å². The summed E-state index contributed by atoms with van der Waals surface area (Å²) in [5.74, 6) is -0.294. The first kappa shape index (κ1) is 26.3. The van der Waals surface area contributed by atoms with Gasteiger partial charge in [-0.25, -0.2) is 0 Å². The van der Waals surface area contributed by atoms with Crippen molar-refractivity contribution in [2.24, 2.45) is 11.8 Å². The van der Waals surface area contributed by atoms with Gasteiger partial charge in [0.25, 0.3) is 0 Å². The third kappa shape index (κ3) is 5.76. The van der Waals surface area contributed by atoms with Crippen molar-refractivity contribution in [2.75, 3.05) is 6.54 Å². The maximum absolute atomic E-state index is 14.2. The number of carbonyl (C=O) groups is 1. The number of carboxylic acids is 1. The quantitative estimate of drug-likeness (QED) is 0.395. The average Bonchev–Trinajstić information content (AvgIpc) is 3.09. The summed E-state index contributed by atoms with van der Waals surface area (Å²) in [6.07, 6.45) is 5.39. The minimum absolute atomic E-state index is 0.0482. The van der Waals surface area contributed by atoms with E-state index in [1.165, 1.54) is 6.07 Å². The number of rotatable bonds is 8. The Balaban J connectivity index is 1.26. The van der Waals surface area contributed by atoms with E-state index in [4.69, 9.17) is 4.74 Å². The summed E-state index contributed by atoms with van der Waals surface area (Å²) in [7, 11) is 0. The normalized spacial score (nSPS) is 28.5. The van der Waals surface area contributed by atoms with E-state index in [-0.39, 0.29) is 23.2 Å². The number of carboxylic acid groups (broad SMARTS) is 1. The molecule has 2 bridgehead atoms. The van der Waals surface area contributed by atoms with Crippen LogP contribution in [0.4, 0.5) is 13.2 Å². The molecule has 0 spiro atoms. The van der Waals surface area contributed by atoms with Crippen LogP contribution in [0.2, 0.25) is 0 Å². The van der Waals surface area contributed by atoms with Crippen LogP contribution in [0.25, 0.3) is 10.8 Å². The Labute approximate surface area is 217 Å². The monoisotopic (exact) mass is 517 g/mol. The van der Waals surface area contributed by atoms with Crippen molar-refractivity contribution in [3.8, 4) is 5.75 Å². The SMILES string of the molecule is CC[C@H]1CC[C@@H](Oc2ccc3cc(CCCN4C5CC[C@@H]4CC(C(=O)O)C5)ccc3c2C(F)(F)F)CC1. The van der Waals surface area contributed by atoms with Gasteiger partial charge in [-0.05, 0) is 99.1 Å². The molecule has 202 valence electrons. The summed E-state index contributed by atoms with van der Waals surface area (Å²) < 4.78 is 48.5. The predicted molar refractivity (Wildman–Crippen MR) is 138 cm³/mol. The number of halogens is 3. The maximum atomic E-state index is 14.2. The predicted octanol–water partition coefficient (Wildman–Crippen LogP) is 7.47. The highest BCUT2D eigenvalue weighted by Gasteiger charge is 2.42. The van der Waals surface area contributed by atoms with Crippen molar-refractivity contribution < 1.29 is 27.8 Å². The van der Waals surface area contributed by atoms with Gasteiger partial charge >= 0.3 is 12.1 Å². The van der Waals surface area contributed by atoms with Crippen molar-refractivity contribution in [2.45, 2.75) is 102 Å². The largest absolute Gasteiger partial charge is 0.490 e. The Morgan fingerprint density at radius 3 is 2.35 bits per heavy atom. The molecule has 3 atom stereocenters. The second-order valence-corrected chi connectivity index (χ2v) is 11.4. The summed E-state index contributed by atoms with van der Waals surface area (Å²) in [5, 5.41) is 10.2. The fourth-order valence-electron chi connectivity index (χ4n) is 7.05. The van der Waals surface area contributed by atoms with Crippen molar-refractivity contribution in [3.05, 3.63) is 41.5 Å². The number of hydrogen-bond donors (Lipinski definition) is 1. The number of hydrogen-bond acceptors (Lipinski definition) is 3. The number of benzene rings is 2. The summed E-state index contributed by atoms with van der Waals surface area (Å²) in [6, 6.07) is 9.27. The van der Waals surface area contributed by atoms with Gasteiger partial charge in [-0.1, -0.05) is 37.6 Å². The zero-order chi connectivity index (χ0) is 26.2. The molecule has 1 N–H and O–H groups in total. The number of ether oxygens (including phenoxy) is 1. The van der Waals surface area contributed by atoms with Crippen LogP contribution >= 0.6 is 0 Å². The molecule has 3 aliphatic rings. The Hall–Kier alpha value is -2.28. The summed E-state index contributed by atoms with van der Waals surface area (Å²) in [6.45, 7) is 3.07. The first-order valence-electron chi connectivity index (χ1n) is 14.0. The van der Waals surface area contributed by atoms with Gasteiger partial charge in [0.15, 0.2) is 0 Å². The lowest BCUT2D eigenvalue weighted by Gasteiger charge is -2.37. The minimum Gasteiger partial charge on any atom is -0.490 e. The molecule has 2 aromatic rings. The lowest BCUT2D eigenvalue weighted by atomic mass is 9.86. The van der Waals surface area contributed by atoms with Crippen LogP contribution in [-0.2, 0) is 17.4 Å². The van der Waals surface area contributed by atoms with Crippen molar-refractivity contribution >= 4 is 16.7 Å². The number of alkyl halides is 3. The first-order chi connectivity index (χ1) is 17.7. The van der Waals surface area contributed by atoms with Crippen LogP contribution in [0, 0.1) is 11.8 Å². The number of aliphatic carboxylic acids is 1. The maximum Gasteiger partial charge on any atom is 0.420 e. The van der Waals surface area contributed by atoms with Crippen molar-refractivity contribution in [1.82, 2.24) is 4.90 Å². The molecular formula is C30H38F3NO3. The highest BCUT2D eigenvalue weighted by atomic mass is 19.4. The molecule has 3 fully saturated rings. The third-order valence-electron chi connectivity index (χ3n) is 9.11. The standard InChI is InChI=1S/C30H38F3NO3/c1-2-19-5-11-25(12-6-19)37-27-14-8-21-16-20(7-13-26(21)28(27)30(31,32)33)4-3-15-34-23-9-10-24(34)18-22(17-23)29(35)36/h7-8,13-14,16,19,22-25H,2-6,9-12,15,17-18H2,1H3,(H,35,36)/t19-,22?,23-,24?,25+/m1/s1. The molecular weight excluding hydrogens is 479 g/mol. The summed E-state index contributed by atoms with van der Waals surface area (Å²) in [4.78, 5) is 13.9. The highest BCUT2D eigenvalue weighted by Crippen LogP contribution is 2.43. The Morgan fingerprint density at radius 2 is 1.73 bits per heavy atom. The van der Waals surface area contributed by atoms with E-state index in [0.717, 1.165) is 82.7 Å². The number of piperidine rings is 1. The molecule has 5 rings (SSSR count). The molecule has 2 aromatic carbocycles. The zero-order valence-corrected chi connectivity index (χ0v) is 21.6. The van der Waals surface area contributed by atoms with Gasteiger partial charge in [0.2, 0.25) is 0 Å². The summed E-state index contributed by atoms with van der Waals surface area (Å²) >= 11 is 0. The molecule has 4 nitrogen and oxygen atoms in total. The third-order valence-corrected chi connectivity index (χ3v) is 9.11. The number of fused-ring (bicyclic) bond motifs is 3. The van der Waals surface area contributed by atoms with E-state index >= 15 is 0 Å². The van der Waals surface area contributed by atoms with Crippen LogP contribution in [0.15, 0.2) is 30.3 Å². The van der Waals surface area contributed by atoms with Crippen molar-refractivity contribution in [3.63, 3.8) is 0 Å². The first-order valence-corrected chi connectivity index (χ1v) is 14.0. The molecule has 7 heteroatoms. The van der Waals surface area contributed by atoms with E-state index < -0.39 is 17.7 Å². The molecule has 1 saturated carbocycles. The highest BCUT2D eigenvalue weighted by molar-refractivity contribution is 5.89. The van der Waals surface area contributed by atoms with Crippen molar-refractivity contribution in [1.29, 1.82) is 0 Å². The van der Waals surface area contributed by atoms with E-state index in [1.807, 2.05) is 12.1 Å². The van der Waals surface area contributed by atoms with Crippen LogP contribution in [0.1, 0.15) is 82.3 Å². The summed E-state index contributed by atoms with van der Waals surface area (Å²) in [5.41, 5.74) is 0.368. The lowest BCUT2D eigenvalue weighted by molar-refractivity contribution is -0.144. The molecule has 0 amide bonds. The molecule has 37 heavy (non-hydrogen) atoms. The van der Waals surface area contributed by atoms with Gasteiger partial charge in [0.05, 0.1) is 12.0 Å². The fourth-order valence-corrected chi connectivity index (χ4v) is 7.05. The lowest BCUT2D eigenvalue weighted by Crippen LogP contribution is -2.45. The topological polar surface area (TPSA) is 49.8 Å². The molecule has 2 aliphatic heterocycles. The number of nitrogens with zero attached hydrogens (tertiary/aromatic N) is 1. The van der Waals surface area contributed by atoms with E-state index in [2.05, 4.69) is 11.8 Å². The van der Waals surface area contributed by atoms with E-state index in [0.29, 0.717) is 23.4 Å². The van der Waals surface area contributed by atoms with Gasteiger partial charge in [0.1, 0.15) is 11.3 Å². The fraction of sp³-hybridized carbons (Fsp3) is 0.633. The molecule has 2 saturated heterocycles. The second kappa shape index (κ2) is 10.8. The second-order valence-electron chi connectivity index (χ2n) is 11.4. The Morgan fingerprint density at radius 1 is 1.03 bits per heavy atom. The minimum atomic E-state index is -4.49. The van der Waals surface area contributed by atoms with Gasteiger partial charge in [0, 0.05) is 12.1 Å². The zero-order valence-electron chi connectivity index (χ0n) is 21.6. The van der Waals surface area contributed by atoms with E-state index in [9.17, 15) is 23.1 Å². The van der Waals surface area contributed by atoms with Crippen LogP contribution in [0.5, 0.6) is 5.75 Å². The van der Waals surface area contributed by atoms with Gasteiger partial charge < -0.3 is 9.84 Å². The van der Waals surface area contributed by atoms with Gasteiger partial charge in [-0.3, -0.25) is 9.69 Å². The van der Waals surface area contributed by atoms with Crippen LogP contribution < -0.4 is 4.74 Å². The van der Waals surface area contributed by atoms with Crippen LogP contribution in [0.3, 0.4) is 0 Å². The molecule has 0 radical (unpaired) electrons. The average molecular weight is 518 g/mol. The smallest absolute Gasteiger partial charge is 0.420 e.